The standard InChI is InChI=1S/C17H22FNO3/c1-17(2,3)16(21)22-19-10-8-13(9-11-19)15(20)12-4-6-14(18)7-5-12/h4-7,13H,8-11H2,1-3H3. The normalized spacial score (nSPS) is 17.3. The van der Waals surface area contributed by atoms with Crippen molar-refractivity contribution in [3.05, 3.63) is 35.6 Å². The summed E-state index contributed by atoms with van der Waals surface area (Å²) in [5.74, 6) is -0.687. The van der Waals surface area contributed by atoms with Crippen LogP contribution >= 0.6 is 0 Å². The average molecular weight is 307 g/mol. The van der Waals surface area contributed by atoms with Gasteiger partial charge >= 0.3 is 5.97 Å². The molecule has 4 nitrogen and oxygen atoms in total. The number of hydroxylamine groups is 2. The van der Waals surface area contributed by atoms with Crippen LogP contribution in [0.2, 0.25) is 0 Å². The molecular weight excluding hydrogens is 285 g/mol. The van der Waals surface area contributed by atoms with Gasteiger partial charge in [-0.3, -0.25) is 4.79 Å². The zero-order valence-corrected chi connectivity index (χ0v) is 13.3. The molecule has 1 aliphatic rings. The summed E-state index contributed by atoms with van der Waals surface area (Å²) in [6.45, 7) is 6.50. The van der Waals surface area contributed by atoms with Gasteiger partial charge in [-0.15, -0.1) is 5.06 Å². The Hall–Kier alpha value is -1.75. The number of benzene rings is 1. The van der Waals surface area contributed by atoms with Crippen LogP contribution in [0.5, 0.6) is 0 Å². The zero-order valence-electron chi connectivity index (χ0n) is 13.3. The highest BCUT2D eigenvalue weighted by molar-refractivity contribution is 5.97. The molecule has 0 atom stereocenters. The highest BCUT2D eigenvalue weighted by Crippen LogP contribution is 2.24. The molecule has 22 heavy (non-hydrogen) atoms. The summed E-state index contributed by atoms with van der Waals surface area (Å²) in [4.78, 5) is 29.5. The van der Waals surface area contributed by atoms with Crippen LogP contribution in [-0.2, 0) is 9.63 Å². The average Bonchev–Trinajstić information content (AvgIpc) is 2.47. The zero-order chi connectivity index (χ0) is 16.3. The van der Waals surface area contributed by atoms with E-state index in [1.165, 1.54) is 24.3 Å². The van der Waals surface area contributed by atoms with Gasteiger partial charge in [-0.25, -0.2) is 9.18 Å². The van der Waals surface area contributed by atoms with Gasteiger partial charge in [-0.05, 0) is 57.9 Å². The first-order valence-corrected chi connectivity index (χ1v) is 7.54. The van der Waals surface area contributed by atoms with Gasteiger partial charge in [-0.2, -0.15) is 0 Å². The lowest BCUT2D eigenvalue weighted by Gasteiger charge is -2.31. The van der Waals surface area contributed by atoms with E-state index in [1.54, 1.807) is 25.8 Å². The molecule has 2 rings (SSSR count). The van der Waals surface area contributed by atoms with Crippen LogP contribution in [0.4, 0.5) is 4.39 Å². The summed E-state index contributed by atoms with van der Waals surface area (Å²) in [6, 6.07) is 5.63. The Bertz CT molecular complexity index is 540. The summed E-state index contributed by atoms with van der Waals surface area (Å²) in [7, 11) is 0. The first-order valence-electron chi connectivity index (χ1n) is 7.54. The van der Waals surface area contributed by atoms with Crippen molar-refractivity contribution < 1.29 is 18.8 Å². The van der Waals surface area contributed by atoms with Crippen molar-refractivity contribution >= 4 is 11.8 Å². The topological polar surface area (TPSA) is 46.6 Å². The van der Waals surface area contributed by atoms with E-state index in [2.05, 4.69) is 0 Å². The first-order chi connectivity index (χ1) is 10.3. The van der Waals surface area contributed by atoms with Crippen molar-refractivity contribution in [2.75, 3.05) is 13.1 Å². The van der Waals surface area contributed by atoms with Gasteiger partial charge in [0.05, 0.1) is 5.41 Å². The number of ketones is 1. The van der Waals surface area contributed by atoms with E-state index < -0.39 is 5.41 Å². The summed E-state index contributed by atoms with van der Waals surface area (Å²) >= 11 is 0. The molecule has 0 amide bonds. The lowest BCUT2D eigenvalue weighted by molar-refractivity contribution is -0.205. The van der Waals surface area contributed by atoms with Crippen molar-refractivity contribution in [3.8, 4) is 0 Å². The lowest BCUT2D eigenvalue weighted by Crippen LogP contribution is -2.40. The van der Waals surface area contributed by atoms with E-state index in [0.717, 1.165) is 0 Å². The molecule has 0 bridgehead atoms. The molecule has 1 aliphatic heterocycles. The Morgan fingerprint density at radius 1 is 1.14 bits per heavy atom. The fourth-order valence-corrected chi connectivity index (χ4v) is 2.31. The molecule has 120 valence electrons. The summed E-state index contributed by atoms with van der Waals surface area (Å²) in [5, 5.41) is 1.63. The van der Waals surface area contributed by atoms with Crippen LogP contribution in [0.1, 0.15) is 44.0 Å². The molecule has 1 aromatic carbocycles. The number of hydrogen-bond donors (Lipinski definition) is 0. The summed E-state index contributed by atoms with van der Waals surface area (Å²) in [5.41, 5.74) is -0.00706. The predicted octanol–water partition coefficient (Wildman–Crippen LogP) is 3.22. The van der Waals surface area contributed by atoms with Crippen molar-refractivity contribution in [1.29, 1.82) is 0 Å². The molecular formula is C17H22FNO3. The minimum absolute atomic E-state index is 0.0294. The van der Waals surface area contributed by atoms with E-state index in [-0.39, 0.29) is 23.5 Å². The van der Waals surface area contributed by atoms with Gasteiger partial charge in [0.1, 0.15) is 5.82 Å². The Labute approximate surface area is 130 Å². The van der Waals surface area contributed by atoms with Crippen LogP contribution in [0, 0.1) is 17.2 Å². The Morgan fingerprint density at radius 2 is 1.68 bits per heavy atom. The number of halogens is 1. The van der Waals surface area contributed by atoms with Crippen molar-refractivity contribution in [3.63, 3.8) is 0 Å². The maximum absolute atomic E-state index is 12.9. The second kappa shape index (κ2) is 6.57. The van der Waals surface area contributed by atoms with Crippen molar-refractivity contribution in [1.82, 2.24) is 5.06 Å². The maximum Gasteiger partial charge on any atom is 0.330 e. The predicted molar refractivity (Wildman–Crippen MR) is 80.6 cm³/mol. The Morgan fingerprint density at radius 3 is 2.18 bits per heavy atom. The van der Waals surface area contributed by atoms with Crippen LogP contribution in [0.15, 0.2) is 24.3 Å². The fourth-order valence-electron chi connectivity index (χ4n) is 2.31. The Balaban J connectivity index is 1.88. The minimum Gasteiger partial charge on any atom is -0.367 e. The highest BCUT2D eigenvalue weighted by Gasteiger charge is 2.30. The molecule has 1 heterocycles. The van der Waals surface area contributed by atoms with E-state index in [0.29, 0.717) is 31.5 Å². The SMILES string of the molecule is CC(C)(C)C(=O)ON1CCC(C(=O)c2ccc(F)cc2)CC1. The van der Waals surface area contributed by atoms with Crippen LogP contribution in [0.3, 0.4) is 0 Å². The monoisotopic (exact) mass is 307 g/mol. The molecule has 0 aliphatic carbocycles. The number of Topliss-reactive ketones (excluding diaryl/α,β-unsaturated/α-hetero) is 1. The van der Waals surface area contributed by atoms with Gasteiger partial charge in [0, 0.05) is 24.6 Å². The second-order valence-corrected chi connectivity index (χ2v) is 6.70. The number of hydrogen-bond acceptors (Lipinski definition) is 4. The van der Waals surface area contributed by atoms with E-state index in [4.69, 9.17) is 4.84 Å². The van der Waals surface area contributed by atoms with Gasteiger partial charge in [0.2, 0.25) is 0 Å². The first kappa shape index (κ1) is 16.6. The van der Waals surface area contributed by atoms with Gasteiger partial charge in [0.15, 0.2) is 5.78 Å². The molecule has 0 spiro atoms. The van der Waals surface area contributed by atoms with E-state index in [9.17, 15) is 14.0 Å². The molecule has 0 N–H and O–H groups in total. The maximum atomic E-state index is 12.9. The molecule has 0 aromatic heterocycles. The molecule has 0 radical (unpaired) electrons. The minimum atomic E-state index is -0.541. The lowest BCUT2D eigenvalue weighted by atomic mass is 9.89. The highest BCUT2D eigenvalue weighted by atomic mass is 19.1. The van der Waals surface area contributed by atoms with Gasteiger partial charge in [0.25, 0.3) is 0 Å². The van der Waals surface area contributed by atoms with Crippen molar-refractivity contribution in [2.24, 2.45) is 11.3 Å². The second-order valence-electron chi connectivity index (χ2n) is 6.70. The van der Waals surface area contributed by atoms with E-state index >= 15 is 0 Å². The third-order valence-electron chi connectivity index (χ3n) is 3.78. The largest absolute Gasteiger partial charge is 0.367 e. The number of nitrogens with zero attached hydrogens (tertiary/aromatic N) is 1. The third-order valence-corrected chi connectivity index (χ3v) is 3.78. The fraction of sp³-hybridized carbons (Fsp3) is 0.529. The molecule has 5 heteroatoms. The third kappa shape index (κ3) is 4.13. The summed E-state index contributed by atoms with van der Waals surface area (Å²) in [6.07, 6.45) is 1.27. The van der Waals surface area contributed by atoms with Crippen molar-refractivity contribution in [2.45, 2.75) is 33.6 Å². The molecule has 0 saturated carbocycles. The number of carbonyl (C=O) groups excluding carboxylic acids is 2. The molecule has 1 aromatic rings. The van der Waals surface area contributed by atoms with Crippen LogP contribution in [-0.4, -0.2) is 29.9 Å². The number of rotatable bonds is 3. The molecule has 1 saturated heterocycles. The number of piperidine rings is 1. The van der Waals surface area contributed by atoms with E-state index in [1.807, 2.05) is 0 Å². The van der Waals surface area contributed by atoms with Crippen LogP contribution < -0.4 is 0 Å². The number of carbonyl (C=O) groups is 2. The molecule has 1 fully saturated rings. The van der Waals surface area contributed by atoms with Gasteiger partial charge in [-0.1, -0.05) is 0 Å². The van der Waals surface area contributed by atoms with Gasteiger partial charge < -0.3 is 4.84 Å². The summed E-state index contributed by atoms with van der Waals surface area (Å²) < 4.78 is 12.9. The Kier molecular flexibility index (Phi) is 4.96. The smallest absolute Gasteiger partial charge is 0.330 e. The van der Waals surface area contributed by atoms with Crippen LogP contribution in [0.25, 0.3) is 0 Å². The quantitative estimate of drug-likeness (QED) is 0.804. The molecule has 0 unspecified atom stereocenters.